The fourth-order valence-corrected chi connectivity index (χ4v) is 2.69. The Labute approximate surface area is 127 Å². The zero-order valence-electron chi connectivity index (χ0n) is 11.8. The fourth-order valence-electron chi connectivity index (χ4n) is 2.69. The monoisotopic (exact) mass is 297 g/mol. The summed E-state index contributed by atoms with van der Waals surface area (Å²) in [5.41, 5.74) is 1.22. The molecule has 0 saturated heterocycles. The Morgan fingerprint density at radius 2 is 1.95 bits per heavy atom. The van der Waals surface area contributed by atoms with Crippen molar-refractivity contribution in [3.63, 3.8) is 0 Å². The normalized spacial score (nSPS) is 20.0. The number of aliphatic carboxylic acids is 1. The average Bonchev–Trinajstić information content (AvgIpc) is 2.54. The van der Waals surface area contributed by atoms with Crippen LogP contribution in [0.5, 0.6) is 5.75 Å². The maximum absolute atomic E-state index is 12.1. The summed E-state index contributed by atoms with van der Waals surface area (Å²) in [5, 5.41) is 11.6. The van der Waals surface area contributed by atoms with Crippen molar-refractivity contribution in [3.05, 3.63) is 65.2 Å². The van der Waals surface area contributed by atoms with Crippen LogP contribution in [0, 0.1) is 0 Å². The minimum atomic E-state index is -1.28. The van der Waals surface area contributed by atoms with Gasteiger partial charge in [0, 0.05) is 0 Å². The number of fused-ring (bicyclic) bond motifs is 1. The van der Waals surface area contributed by atoms with Crippen LogP contribution in [0.2, 0.25) is 0 Å². The van der Waals surface area contributed by atoms with Crippen LogP contribution in [0.4, 0.5) is 0 Å². The summed E-state index contributed by atoms with van der Waals surface area (Å²) < 4.78 is 10.5. The number of carbonyl (C=O) groups is 2. The van der Waals surface area contributed by atoms with E-state index in [1.165, 1.54) is 7.11 Å². The summed E-state index contributed by atoms with van der Waals surface area (Å²) in [4.78, 5) is 23.8. The highest BCUT2D eigenvalue weighted by Gasteiger charge is 2.37. The molecule has 2 aromatic rings. The van der Waals surface area contributed by atoms with Gasteiger partial charge in [0.1, 0.15) is 11.9 Å². The van der Waals surface area contributed by atoms with Crippen molar-refractivity contribution >= 4 is 11.9 Å². The van der Waals surface area contributed by atoms with Gasteiger partial charge < -0.3 is 19.4 Å². The summed E-state index contributed by atoms with van der Waals surface area (Å²) in [6.07, 6.45) is -0.942. The molecule has 0 saturated carbocycles. The van der Waals surface area contributed by atoms with Crippen molar-refractivity contribution in [2.24, 2.45) is 0 Å². The molecule has 0 aliphatic carbocycles. The van der Waals surface area contributed by atoms with Gasteiger partial charge in [-0.2, -0.15) is 0 Å². The van der Waals surface area contributed by atoms with E-state index in [1.54, 1.807) is 48.5 Å². The third-order valence-electron chi connectivity index (χ3n) is 3.73. The lowest BCUT2D eigenvalue weighted by molar-refractivity contribution is -0.310. The Balaban J connectivity index is 2.11. The molecule has 5 heteroatoms. The van der Waals surface area contributed by atoms with Gasteiger partial charge in [-0.05, 0) is 29.3 Å². The molecule has 0 N–H and O–H groups in total. The number of hydrogen-bond acceptors (Lipinski definition) is 5. The Morgan fingerprint density at radius 3 is 2.68 bits per heavy atom. The standard InChI is InChI=1S/C17H14O5/c1-21-11-6-4-5-10(9-11)15-14(16(18)19)12-7-2-3-8-13(12)17(20)22-15/h2-9,14-15H,1H3,(H,18,19)/p-1/t14-,15-/m0/s1. The predicted molar refractivity (Wildman–Crippen MR) is 75.3 cm³/mol. The molecule has 5 nitrogen and oxygen atoms in total. The molecule has 0 spiro atoms. The van der Waals surface area contributed by atoms with Crippen LogP contribution in [-0.4, -0.2) is 19.0 Å². The van der Waals surface area contributed by atoms with Crippen molar-refractivity contribution in [2.45, 2.75) is 12.0 Å². The number of esters is 1. The number of ether oxygens (including phenoxy) is 2. The van der Waals surface area contributed by atoms with Crippen molar-refractivity contribution in [1.82, 2.24) is 0 Å². The van der Waals surface area contributed by atoms with Crippen LogP contribution < -0.4 is 9.84 Å². The second-order valence-corrected chi connectivity index (χ2v) is 4.99. The number of carboxylic acids is 1. The maximum Gasteiger partial charge on any atom is 0.339 e. The number of hydrogen-bond donors (Lipinski definition) is 0. The molecule has 0 aromatic heterocycles. The smallest absolute Gasteiger partial charge is 0.339 e. The summed E-state index contributed by atoms with van der Waals surface area (Å²) in [5.74, 6) is -2.32. The third kappa shape index (κ3) is 2.30. The van der Waals surface area contributed by atoms with Crippen LogP contribution in [-0.2, 0) is 9.53 Å². The van der Waals surface area contributed by atoms with Gasteiger partial charge in [0.05, 0.1) is 24.6 Å². The lowest BCUT2D eigenvalue weighted by Crippen LogP contribution is -2.38. The minimum absolute atomic E-state index is 0.260. The molecule has 112 valence electrons. The Morgan fingerprint density at radius 1 is 1.18 bits per heavy atom. The van der Waals surface area contributed by atoms with E-state index in [9.17, 15) is 14.7 Å². The SMILES string of the molecule is COc1cccc([C@@H]2OC(=O)c3ccccc3[C@@H]2C(=O)[O-])c1. The van der Waals surface area contributed by atoms with Crippen LogP contribution >= 0.6 is 0 Å². The zero-order chi connectivity index (χ0) is 15.7. The van der Waals surface area contributed by atoms with Crippen LogP contribution in [0.3, 0.4) is 0 Å². The van der Waals surface area contributed by atoms with E-state index in [1.807, 2.05) is 0 Å². The van der Waals surface area contributed by atoms with Crippen molar-refractivity contribution < 1.29 is 24.2 Å². The molecule has 2 aromatic carbocycles. The zero-order valence-corrected chi connectivity index (χ0v) is 11.8. The molecule has 1 aliphatic heterocycles. The van der Waals surface area contributed by atoms with Gasteiger partial charge in [0.2, 0.25) is 0 Å². The molecule has 1 heterocycles. The van der Waals surface area contributed by atoms with E-state index < -0.39 is 24.0 Å². The summed E-state index contributed by atoms with van der Waals surface area (Å²) in [6, 6.07) is 13.3. The molecule has 0 bridgehead atoms. The van der Waals surface area contributed by atoms with Gasteiger partial charge in [-0.15, -0.1) is 0 Å². The third-order valence-corrected chi connectivity index (χ3v) is 3.73. The molecule has 1 aliphatic rings. The Kier molecular flexibility index (Phi) is 3.55. The fraction of sp³-hybridized carbons (Fsp3) is 0.176. The highest BCUT2D eigenvalue weighted by molar-refractivity contribution is 5.95. The number of rotatable bonds is 3. The lowest BCUT2D eigenvalue weighted by atomic mass is 9.84. The first-order valence-electron chi connectivity index (χ1n) is 6.76. The van der Waals surface area contributed by atoms with Crippen LogP contribution in [0.15, 0.2) is 48.5 Å². The average molecular weight is 297 g/mol. The number of benzene rings is 2. The molecule has 3 rings (SSSR count). The molecule has 0 unspecified atom stereocenters. The van der Waals surface area contributed by atoms with E-state index in [4.69, 9.17) is 9.47 Å². The van der Waals surface area contributed by atoms with E-state index in [0.29, 0.717) is 16.9 Å². The number of methoxy groups -OCH3 is 1. The molecular weight excluding hydrogens is 284 g/mol. The predicted octanol–water partition coefficient (Wildman–Crippen LogP) is 1.44. The van der Waals surface area contributed by atoms with Crippen LogP contribution in [0.25, 0.3) is 0 Å². The highest BCUT2D eigenvalue weighted by Crippen LogP contribution is 2.40. The molecular formula is C17H13O5-. The highest BCUT2D eigenvalue weighted by atomic mass is 16.5. The summed E-state index contributed by atoms with van der Waals surface area (Å²) in [6.45, 7) is 0. The first-order valence-corrected chi connectivity index (χ1v) is 6.76. The molecule has 0 amide bonds. The van der Waals surface area contributed by atoms with Gasteiger partial charge in [0.25, 0.3) is 0 Å². The van der Waals surface area contributed by atoms with Crippen molar-refractivity contribution in [2.75, 3.05) is 7.11 Å². The number of carboxylic acid groups (broad SMARTS) is 1. The molecule has 0 fully saturated rings. The van der Waals surface area contributed by atoms with E-state index in [-0.39, 0.29) is 5.56 Å². The van der Waals surface area contributed by atoms with Gasteiger partial charge >= 0.3 is 5.97 Å². The Bertz CT molecular complexity index is 737. The molecule has 2 atom stereocenters. The molecule has 0 radical (unpaired) electrons. The van der Waals surface area contributed by atoms with Gasteiger partial charge in [0.15, 0.2) is 0 Å². The second kappa shape index (κ2) is 5.52. The maximum atomic E-state index is 12.1. The van der Waals surface area contributed by atoms with Crippen LogP contribution in [0.1, 0.15) is 33.5 Å². The van der Waals surface area contributed by atoms with E-state index >= 15 is 0 Å². The number of carbonyl (C=O) groups excluding carboxylic acids is 2. The van der Waals surface area contributed by atoms with Crippen molar-refractivity contribution in [1.29, 1.82) is 0 Å². The Hall–Kier alpha value is -2.82. The minimum Gasteiger partial charge on any atom is -0.549 e. The van der Waals surface area contributed by atoms with Crippen molar-refractivity contribution in [3.8, 4) is 5.75 Å². The second-order valence-electron chi connectivity index (χ2n) is 4.99. The quantitative estimate of drug-likeness (QED) is 0.801. The molecule has 22 heavy (non-hydrogen) atoms. The van der Waals surface area contributed by atoms with E-state index in [2.05, 4.69) is 0 Å². The lowest BCUT2D eigenvalue weighted by Gasteiger charge is -2.33. The van der Waals surface area contributed by atoms with Gasteiger partial charge in [-0.1, -0.05) is 30.3 Å². The van der Waals surface area contributed by atoms with E-state index in [0.717, 1.165) is 0 Å². The summed E-state index contributed by atoms with van der Waals surface area (Å²) in [7, 11) is 1.51. The first kappa shape index (κ1) is 14.1. The number of cyclic esters (lactones) is 1. The van der Waals surface area contributed by atoms with Gasteiger partial charge in [-0.3, -0.25) is 0 Å². The van der Waals surface area contributed by atoms with Gasteiger partial charge in [-0.25, -0.2) is 4.79 Å². The topological polar surface area (TPSA) is 75.7 Å². The largest absolute Gasteiger partial charge is 0.549 e. The summed E-state index contributed by atoms with van der Waals surface area (Å²) >= 11 is 0. The first-order chi connectivity index (χ1) is 10.6.